The van der Waals surface area contributed by atoms with E-state index in [0.29, 0.717) is 13.2 Å². The minimum Gasteiger partial charge on any atom is -0.380 e. The van der Waals surface area contributed by atoms with E-state index in [0.717, 1.165) is 28.8 Å². The molecule has 0 saturated heterocycles. The van der Waals surface area contributed by atoms with Crippen molar-refractivity contribution in [3.63, 3.8) is 0 Å². The highest BCUT2D eigenvalue weighted by atomic mass is 79.9. The predicted octanol–water partition coefficient (Wildman–Crippen LogP) is 2.88. The minimum absolute atomic E-state index is 0.105. The van der Waals surface area contributed by atoms with E-state index < -0.39 is 0 Å². The molecule has 0 radical (unpaired) electrons. The summed E-state index contributed by atoms with van der Waals surface area (Å²) >= 11 is 3.50. The zero-order chi connectivity index (χ0) is 14.3. The maximum absolute atomic E-state index is 12.0. The number of hydrogen-bond donors (Lipinski definition) is 1. The number of carbonyl (C=O) groups excluding carboxylic acids is 1. The van der Waals surface area contributed by atoms with Crippen LogP contribution in [0.5, 0.6) is 0 Å². The molecule has 0 aliphatic rings. The van der Waals surface area contributed by atoms with Crippen molar-refractivity contribution < 1.29 is 9.53 Å². The van der Waals surface area contributed by atoms with Gasteiger partial charge in [0.1, 0.15) is 0 Å². The first-order valence-corrected chi connectivity index (χ1v) is 7.21. The Kier molecular flexibility index (Phi) is 6.87. The lowest BCUT2D eigenvalue weighted by Gasteiger charge is -2.20. The Morgan fingerprint density at radius 2 is 2.05 bits per heavy atom. The summed E-state index contributed by atoms with van der Waals surface area (Å²) in [7, 11) is 1.66. The fourth-order valence-corrected chi connectivity index (χ4v) is 2.35. The Bertz CT molecular complexity index is 420. The van der Waals surface area contributed by atoms with Crippen molar-refractivity contribution in [3.8, 4) is 0 Å². The molecule has 5 heteroatoms. The number of ether oxygens (including phenoxy) is 1. The highest BCUT2D eigenvalue weighted by Gasteiger charge is 2.11. The molecule has 1 N–H and O–H groups in total. The van der Waals surface area contributed by atoms with E-state index in [2.05, 4.69) is 21.2 Å². The van der Waals surface area contributed by atoms with E-state index in [-0.39, 0.29) is 5.91 Å². The quantitative estimate of drug-likeness (QED) is 0.836. The molecule has 0 fully saturated rings. The van der Waals surface area contributed by atoms with Crippen LogP contribution in [0, 0.1) is 0 Å². The molecule has 1 rings (SSSR count). The average molecular weight is 329 g/mol. The van der Waals surface area contributed by atoms with Crippen LogP contribution in [-0.2, 0) is 16.1 Å². The third kappa shape index (κ3) is 4.51. The van der Waals surface area contributed by atoms with Gasteiger partial charge in [-0.15, -0.1) is 0 Å². The minimum atomic E-state index is 0.105. The standard InChI is InChI=1S/C14H21BrN2O2/c1-4-17(5-2)14(18)9-16-13-8-6-7-12(15)11(13)10-19-3/h6-8,16H,4-5,9-10H2,1-3H3. The average Bonchev–Trinajstić information content (AvgIpc) is 2.41. The summed E-state index contributed by atoms with van der Waals surface area (Å²) in [5.74, 6) is 0.105. The molecule has 0 aromatic heterocycles. The number of halogens is 1. The molecule has 0 aliphatic heterocycles. The molecular formula is C14H21BrN2O2. The monoisotopic (exact) mass is 328 g/mol. The summed E-state index contributed by atoms with van der Waals surface area (Å²) in [6, 6.07) is 5.85. The number of anilines is 1. The highest BCUT2D eigenvalue weighted by Crippen LogP contribution is 2.25. The van der Waals surface area contributed by atoms with E-state index in [4.69, 9.17) is 4.74 Å². The molecule has 1 amide bonds. The maximum Gasteiger partial charge on any atom is 0.241 e. The number of hydrogen-bond acceptors (Lipinski definition) is 3. The largest absolute Gasteiger partial charge is 0.380 e. The molecule has 0 heterocycles. The molecular weight excluding hydrogens is 308 g/mol. The number of nitrogens with zero attached hydrogens (tertiary/aromatic N) is 1. The van der Waals surface area contributed by atoms with Gasteiger partial charge in [0.25, 0.3) is 0 Å². The maximum atomic E-state index is 12.0. The van der Waals surface area contributed by atoms with Crippen LogP contribution in [0.1, 0.15) is 19.4 Å². The zero-order valence-electron chi connectivity index (χ0n) is 11.7. The fourth-order valence-electron chi connectivity index (χ4n) is 1.87. The van der Waals surface area contributed by atoms with E-state index in [9.17, 15) is 4.79 Å². The molecule has 0 aliphatic carbocycles. The second-order valence-electron chi connectivity index (χ2n) is 4.12. The lowest BCUT2D eigenvalue weighted by atomic mass is 10.2. The van der Waals surface area contributed by atoms with Gasteiger partial charge in [0.2, 0.25) is 5.91 Å². The van der Waals surface area contributed by atoms with Gasteiger partial charge in [0.05, 0.1) is 13.2 Å². The van der Waals surface area contributed by atoms with Gasteiger partial charge in [-0.25, -0.2) is 0 Å². The summed E-state index contributed by atoms with van der Waals surface area (Å²) in [6.45, 7) is 6.24. The number of rotatable bonds is 7. The molecule has 0 spiro atoms. The Labute approximate surface area is 123 Å². The van der Waals surface area contributed by atoms with Crippen molar-refractivity contribution in [2.24, 2.45) is 0 Å². The lowest BCUT2D eigenvalue weighted by Crippen LogP contribution is -2.35. The van der Waals surface area contributed by atoms with Gasteiger partial charge in [0, 0.05) is 35.9 Å². The number of methoxy groups -OCH3 is 1. The van der Waals surface area contributed by atoms with Crippen LogP contribution < -0.4 is 5.32 Å². The van der Waals surface area contributed by atoms with Gasteiger partial charge in [0.15, 0.2) is 0 Å². The number of benzene rings is 1. The third-order valence-corrected chi connectivity index (χ3v) is 3.70. The molecule has 0 unspecified atom stereocenters. The van der Waals surface area contributed by atoms with Gasteiger partial charge < -0.3 is 15.0 Å². The van der Waals surface area contributed by atoms with E-state index in [1.165, 1.54) is 0 Å². The van der Waals surface area contributed by atoms with Crippen LogP contribution in [-0.4, -0.2) is 37.6 Å². The summed E-state index contributed by atoms with van der Waals surface area (Å²) < 4.78 is 6.16. The smallest absolute Gasteiger partial charge is 0.241 e. The highest BCUT2D eigenvalue weighted by molar-refractivity contribution is 9.10. The van der Waals surface area contributed by atoms with Crippen LogP contribution in [0.15, 0.2) is 22.7 Å². The molecule has 1 aromatic carbocycles. The molecule has 1 aromatic rings. The fraction of sp³-hybridized carbons (Fsp3) is 0.500. The van der Waals surface area contributed by atoms with Crippen molar-refractivity contribution in [2.45, 2.75) is 20.5 Å². The van der Waals surface area contributed by atoms with Crippen molar-refractivity contribution in [1.29, 1.82) is 0 Å². The molecule has 0 bridgehead atoms. The topological polar surface area (TPSA) is 41.6 Å². The lowest BCUT2D eigenvalue weighted by molar-refractivity contribution is -0.128. The van der Waals surface area contributed by atoms with Crippen molar-refractivity contribution in [3.05, 3.63) is 28.2 Å². The van der Waals surface area contributed by atoms with E-state index in [1.807, 2.05) is 32.0 Å². The first-order chi connectivity index (χ1) is 9.13. The summed E-state index contributed by atoms with van der Waals surface area (Å²) in [5.41, 5.74) is 1.95. The number of carbonyl (C=O) groups is 1. The number of amides is 1. The van der Waals surface area contributed by atoms with E-state index in [1.54, 1.807) is 12.0 Å². The zero-order valence-corrected chi connectivity index (χ0v) is 13.3. The molecule has 4 nitrogen and oxygen atoms in total. The summed E-state index contributed by atoms with van der Waals surface area (Å²) in [5, 5.41) is 3.19. The first kappa shape index (κ1) is 16.0. The van der Waals surface area contributed by atoms with Crippen LogP contribution in [0.2, 0.25) is 0 Å². The molecule has 106 valence electrons. The van der Waals surface area contributed by atoms with Crippen molar-refractivity contribution >= 4 is 27.5 Å². The SMILES string of the molecule is CCN(CC)C(=O)CNc1cccc(Br)c1COC. The molecule has 0 saturated carbocycles. The summed E-state index contributed by atoms with van der Waals surface area (Å²) in [6.07, 6.45) is 0. The number of nitrogens with one attached hydrogen (secondary N) is 1. The van der Waals surface area contributed by atoms with Crippen LogP contribution in [0.25, 0.3) is 0 Å². The van der Waals surface area contributed by atoms with E-state index >= 15 is 0 Å². The van der Waals surface area contributed by atoms with Crippen LogP contribution in [0.3, 0.4) is 0 Å². The second-order valence-corrected chi connectivity index (χ2v) is 4.97. The molecule has 0 atom stereocenters. The van der Waals surface area contributed by atoms with Gasteiger partial charge >= 0.3 is 0 Å². The Morgan fingerprint density at radius 3 is 2.63 bits per heavy atom. The number of likely N-dealkylation sites (N-methyl/N-ethyl adjacent to an activating group) is 1. The second kappa shape index (κ2) is 8.17. The molecule has 19 heavy (non-hydrogen) atoms. The van der Waals surface area contributed by atoms with Crippen molar-refractivity contribution in [2.75, 3.05) is 32.1 Å². The van der Waals surface area contributed by atoms with Gasteiger partial charge in [-0.3, -0.25) is 4.79 Å². The Balaban J connectivity index is 2.72. The predicted molar refractivity (Wildman–Crippen MR) is 81.3 cm³/mol. The Morgan fingerprint density at radius 1 is 1.37 bits per heavy atom. The third-order valence-electron chi connectivity index (χ3n) is 2.95. The summed E-state index contributed by atoms with van der Waals surface area (Å²) in [4.78, 5) is 13.8. The Hall–Kier alpha value is -1.07. The normalized spacial score (nSPS) is 10.3. The van der Waals surface area contributed by atoms with Crippen LogP contribution >= 0.6 is 15.9 Å². The van der Waals surface area contributed by atoms with Gasteiger partial charge in [-0.1, -0.05) is 22.0 Å². The van der Waals surface area contributed by atoms with Gasteiger partial charge in [-0.05, 0) is 26.0 Å². The van der Waals surface area contributed by atoms with Crippen LogP contribution in [0.4, 0.5) is 5.69 Å². The first-order valence-electron chi connectivity index (χ1n) is 6.41. The van der Waals surface area contributed by atoms with Crippen molar-refractivity contribution in [1.82, 2.24) is 4.90 Å². The van der Waals surface area contributed by atoms with Gasteiger partial charge in [-0.2, -0.15) is 0 Å².